The Morgan fingerprint density at radius 1 is 1.32 bits per heavy atom. The van der Waals surface area contributed by atoms with Crippen LogP contribution in [0.15, 0.2) is 24.3 Å². The van der Waals surface area contributed by atoms with Crippen LogP contribution in [-0.4, -0.2) is 20.3 Å². The summed E-state index contributed by atoms with van der Waals surface area (Å²) in [6, 6.07) is 8.29. The van der Waals surface area contributed by atoms with E-state index in [0.29, 0.717) is 18.4 Å². The van der Waals surface area contributed by atoms with Gasteiger partial charge in [0.05, 0.1) is 6.54 Å². The van der Waals surface area contributed by atoms with Gasteiger partial charge in [-0.2, -0.15) is 4.98 Å². The topological polar surface area (TPSA) is 68.8 Å². The largest absolute Gasteiger partial charge is 0.368 e. The molecule has 1 aromatic heterocycles. The Kier molecular flexibility index (Phi) is 3.46. The highest BCUT2D eigenvalue weighted by atomic mass is 15.4. The fourth-order valence-electron chi connectivity index (χ4n) is 1.84. The molecule has 0 aliphatic rings. The number of anilines is 2. The Labute approximate surface area is 113 Å². The molecule has 0 amide bonds. The van der Waals surface area contributed by atoms with E-state index >= 15 is 0 Å². The summed E-state index contributed by atoms with van der Waals surface area (Å²) in [5, 5.41) is 7.61. The Morgan fingerprint density at radius 3 is 2.68 bits per heavy atom. The second-order valence-corrected chi connectivity index (χ2v) is 5.82. The van der Waals surface area contributed by atoms with Crippen molar-refractivity contribution in [3.8, 4) is 0 Å². The SMILES string of the molecule is Cc1cccc(Cn2nc(NC(C)(C)C)nc2N)c1. The van der Waals surface area contributed by atoms with Crippen molar-refractivity contribution in [3.63, 3.8) is 0 Å². The Bertz CT molecular complexity index is 565. The third-order valence-corrected chi connectivity index (χ3v) is 2.60. The van der Waals surface area contributed by atoms with Crippen molar-refractivity contribution in [3.05, 3.63) is 35.4 Å². The number of aryl methyl sites for hydroxylation is 1. The summed E-state index contributed by atoms with van der Waals surface area (Å²) in [6.07, 6.45) is 0. The molecule has 0 aliphatic heterocycles. The molecule has 2 aromatic rings. The number of hydrogen-bond acceptors (Lipinski definition) is 4. The molecule has 0 saturated carbocycles. The number of hydrogen-bond donors (Lipinski definition) is 2. The predicted octanol–water partition coefficient (Wildman–Crippen LogP) is 2.43. The zero-order chi connectivity index (χ0) is 14.0. The van der Waals surface area contributed by atoms with Gasteiger partial charge in [0.15, 0.2) is 0 Å². The van der Waals surface area contributed by atoms with E-state index in [4.69, 9.17) is 5.73 Å². The first-order chi connectivity index (χ1) is 8.83. The highest BCUT2D eigenvalue weighted by Gasteiger charge is 2.14. The molecule has 5 heteroatoms. The molecule has 19 heavy (non-hydrogen) atoms. The summed E-state index contributed by atoms with van der Waals surface area (Å²) in [6.45, 7) is 8.88. The van der Waals surface area contributed by atoms with E-state index in [1.165, 1.54) is 11.1 Å². The second-order valence-electron chi connectivity index (χ2n) is 5.82. The van der Waals surface area contributed by atoms with Crippen LogP contribution >= 0.6 is 0 Å². The van der Waals surface area contributed by atoms with Crippen LogP contribution in [0.1, 0.15) is 31.9 Å². The molecule has 0 aliphatic carbocycles. The summed E-state index contributed by atoms with van der Waals surface area (Å²) in [5.41, 5.74) is 8.21. The normalized spacial score (nSPS) is 11.6. The van der Waals surface area contributed by atoms with Crippen LogP contribution in [0, 0.1) is 6.92 Å². The summed E-state index contributed by atoms with van der Waals surface area (Å²) in [4.78, 5) is 4.23. The highest BCUT2D eigenvalue weighted by molar-refractivity contribution is 5.34. The molecular formula is C14H21N5. The molecule has 0 atom stereocenters. The summed E-state index contributed by atoms with van der Waals surface area (Å²) in [7, 11) is 0. The van der Waals surface area contributed by atoms with Crippen molar-refractivity contribution in [2.45, 2.75) is 39.8 Å². The monoisotopic (exact) mass is 259 g/mol. The van der Waals surface area contributed by atoms with Crippen LogP contribution in [-0.2, 0) is 6.54 Å². The molecule has 5 nitrogen and oxygen atoms in total. The molecule has 1 aromatic carbocycles. The van der Waals surface area contributed by atoms with E-state index in [0.717, 1.165) is 0 Å². The summed E-state index contributed by atoms with van der Waals surface area (Å²) in [5.74, 6) is 0.992. The van der Waals surface area contributed by atoms with Gasteiger partial charge in [-0.1, -0.05) is 29.8 Å². The zero-order valence-electron chi connectivity index (χ0n) is 11.9. The fourth-order valence-corrected chi connectivity index (χ4v) is 1.84. The van der Waals surface area contributed by atoms with Gasteiger partial charge in [0.1, 0.15) is 0 Å². The van der Waals surface area contributed by atoms with Gasteiger partial charge >= 0.3 is 0 Å². The van der Waals surface area contributed by atoms with Gasteiger partial charge in [-0.25, -0.2) is 4.68 Å². The minimum atomic E-state index is -0.0814. The fraction of sp³-hybridized carbons (Fsp3) is 0.429. The van der Waals surface area contributed by atoms with Crippen molar-refractivity contribution >= 4 is 11.9 Å². The highest BCUT2D eigenvalue weighted by Crippen LogP contribution is 2.14. The number of nitrogen functional groups attached to an aromatic ring is 1. The molecule has 3 N–H and O–H groups in total. The van der Waals surface area contributed by atoms with Crippen molar-refractivity contribution in [2.75, 3.05) is 11.1 Å². The molecule has 0 fully saturated rings. The Morgan fingerprint density at radius 2 is 2.05 bits per heavy atom. The maximum Gasteiger partial charge on any atom is 0.244 e. The van der Waals surface area contributed by atoms with E-state index < -0.39 is 0 Å². The van der Waals surface area contributed by atoms with E-state index in [9.17, 15) is 0 Å². The number of rotatable bonds is 3. The molecule has 0 bridgehead atoms. The molecule has 1 heterocycles. The van der Waals surface area contributed by atoms with Gasteiger partial charge in [-0.05, 0) is 33.3 Å². The molecular weight excluding hydrogens is 238 g/mol. The summed E-state index contributed by atoms with van der Waals surface area (Å²) < 4.78 is 1.71. The minimum absolute atomic E-state index is 0.0814. The van der Waals surface area contributed by atoms with Crippen molar-refractivity contribution in [1.82, 2.24) is 14.8 Å². The van der Waals surface area contributed by atoms with Crippen molar-refractivity contribution in [2.24, 2.45) is 0 Å². The van der Waals surface area contributed by atoms with Gasteiger partial charge in [-0.15, -0.1) is 5.10 Å². The first-order valence-electron chi connectivity index (χ1n) is 6.37. The van der Waals surface area contributed by atoms with E-state index in [2.05, 4.69) is 61.3 Å². The maximum atomic E-state index is 5.90. The number of nitrogens with two attached hydrogens (primary N) is 1. The molecule has 0 unspecified atom stereocenters. The maximum absolute atomic E-state index is 5.90. The van der Waals surface area contributed by atoms with Crippen LogP contribution in [0.25, 0.3) is 0 Å². The number of nitrogens with zero attached hydrogens (tertiary/aromatic N) is 3. The molecule has 0 spiro atoms. The van der Waals surface area contributed by atoms with Gasteiger partial charge in [-0.3, -0.25) is 0 Å². The van der Waals surface area contributed by atoms with Crippen LogP contribution in [0.3, 0.4) is 0 Å². The average Bonchev–Trinajstić information content (AvgIpc) is 2.56. The first kappa shape index (κ1) is 13.4. The molecule has 102 valence electrons. The van der Waals surface area contributed by atoms with Crippen LogP contribution in [0.2, 0.25) is 0 Å². The number of aromatic nitrogens is 3. The number of nitrogens with one attached hydrogen (secondary N) is 1. The summed E-state index contributed by atoms with van der Waals surface area (Å²) >= 11 is 0. The lowest BCUT2D eigenvalue weighted by Gasteiger charge is -2.18. The minimum Gasteiger partial charge on any atom is -0.368 e. The van der Waals surface area contributed by atoms with Gasteiger partial charge in [0.2, 0.25) is 11.9 Å². The van der Waals surface area contributed by atoms with Gasteiger partial charge < -0.3 is 11.1 Å². The predicted molar refractivity (Wildman–Crippen MR) is 78.1 cm³/mol. The van der Waals surface area contributed by atoms with Crippen molar-refractivity contribution < 1.29 is 0 Å². The zero-order valence-corrected chi connectivity index (χ0v) is 11.9. The lowest BCUT2D eigenvalue weighted by atomic mass is 10.1. The second kappa shape index (κ2) is 4.91. The molecule has 0 saturated heterocycles. The Hall–Kier alpha value is -2.04. The molecule has 0 radical (unpaired) electrons. The third-order valence-electron chi connectivity index (χ3n) is 2.60. The quantitative estimate of drug-likeness (QED) is 0.888. The third kappa shape index (κ3) is 3.71. The number of benzene rings is 1. The standard InChI is InChI=1S/C14H21N5/c1-10-6-5-7-11(8-10)9-19-12(15)16-13(18-19)17-14(2,3)4/h5-8H,9H2,1-4H3,(H3,15,16,17,18). The lowest BCUT2D eigenvalue weighted by molar-refractivity contribution is 0.619. The van der Waals surface area contributed by atoms with Crippen molar-refractivity contribution in [1.29, 1.82) is 0 Å². The Balaban J connectivity index is 2.17. The van der Waals surface area contributed by atoms with Crippen LogP contribution < -0.4 is 11.1 Å². The molecule has 2 rings (SSSR count). The van der Waals surface area contributed by atoms with Gasteiger partial charge in [0.25, 0.3) is 0 Å². The van der Waals surface area contributed by atoms with Gasteiger partial charge in [0, 0.05) is 5.54 Å². The lowest BCUT2D eigenvalue weighted by Crippen LogP contribution is -2.26. The smallest absolute Gasteiger partial charge is 0.244 e. The van der Waals surface area contributed by atoms with E-state index in [1.807, 2.05) is 6.07 Å². The first-order valence-corrected chi connectivity index (χ1v) is 6.37. The average molecular weight is 259 g/mol. The van der Waals surface area contributed by atoms with E-state index in [-0.39, 0.29) is 5.54 Å². The van der Waals surface area contributed by atoms with Crippen LogP contribution in [0.4, 0.5) is 11.9 Å². The van der Waals surface area contributed by atoms with E-state index in [1.54, 1.807) is 4.68 Å². The van der Waals surface area contributed by atoms with Crippen LogP contribution in [0.5, 0.6) is 0 Å².